The fourth-order valence-corrected chi connectivity index (χ4v) is 2.70. The highest BCUT2D eigenvalue weighted by molar-refractivity contribution is 5.28. The van der Waals surface area contributed by atoms with Crippen LogP contribution in [0, 0.1) is 0 Å². The molecule has 2 rings (SSSR count). The van der Waals surface area contributed by atoms with Gasteiger partial charge in [0.15, 0.2) is 0 Å². The standard InChI is InChI=1S/C18H29NO3/c1-15(2)16-5-7-18(8-6-16)22-12-11-21-14-17(20)13-19-9-3-4-10-19/h5-8,15,17,20H,3-4,9-14H2,1-2H3/t17-/m1/s1. The molecule has 0 unspecified atom stereocenters. The fraction of sp³-hybridized carbons (Fsp3) is 0.667. The van der Waals surface area contributed by atoms with Crippen LogP contribution in [0.25, 0.3) is 0 Å². The van der Waals surface area contributed by atoms with Gasteiger partial charge in [-0.05, 0) is 49.5 Å². The predicted molar refractivity (Wildman–Crippen MR) is 88.5 cm³/mol. The Morgan fingerprint density at radius 1 is 1.09 bits per heavy atom. The first-order valence-electron chi connectivity index (χ1n) is 8.36. The van der Waals surface area contributed by atoms with Crippen LogP contribution < -0.4 is 4.74 Å². The number of ether oxygens (including phenoxy) is 2. The van der Waals surface area contributed by atoms with E-state index in [-0.39, 0.29) is 0 Å². The number of rotatable bonds is 9. The molecule has 1 aromatic carbocycles. The molecule has 0 aromatic heterocycles. The molecule has 22 heavy (non-hydrogen) atoms. The zero-order chi connectivity index (χ0) is 15.8. The van der Waals surface area contributed by atoms with Crippen molar-refractivity contribution < 1.29 is 14.6 Å². The van der Waals surface area contributed by atoms with E-state index >= 15 is 0 Å². The Morgan fingerprint density at radius 2 is 1.77 bits per heavy atom. The summed E-state index contributed by atoms with van der Waals surface area (Å²) in [5, 5.41) is 9.90. The molecule has 1 aliphatic heterocycles. The van der Waals surface area contributed by atoms with Crippen LogP contribution in [-0.4, -0.2) is 55.6 Å². The van der Waals surface area contributed by atoms with Crippen LogP contribution >= 0.6 is 0 Å². The van der Waals surface area contributed by atoms with Crippen molar-refractivity contribution in [2.45, 2.75) is 38.7 Å². The third-order valence-electron chi connectivity index (χ3n) is 4.02. The second-order valence-corrected chi connectivity index (χ2v) is 6.31. The molecule has 1 atom stereocenters. The summed E-state index contributed by atoms with van der Waals surface area (Å²) in [6.07, 6.45) is 2.09. The lowest BCUT2D eigenvalue weighted by Gasteiger charge is -2.19. The van der Waals surface area contributed by atoms with E-state index in [9.17, 15) is 5.11 Å². The monoisotopic (exact) mass is 307 g/mol. The van der Waals surface area contributed by atoms with E-state index in [1.54, 1.807) is 0 Å². The third kappa shape index (κ3) is 5.95. The predicted octanol–water partition coefficient (Wildman–Crippen LogP) is 2.66. The van der Waals surface area contributed by atoms with Crippen molar-refractivity contribution >= 4 is 0 Å². The SMILES string of the molecule is CC(C)c1ccc(OCCOC[C@H](O)CN2CCCC2)cc1. The minimum absolute atomic E-state index is 0.381. The molecule has 4 nitrogen and oxygen atoms in total. The normalized spacial score (nSPS) is 17.1. The maximum absolute atomic E-state index is 9.90. The van der Waals surface area contributed by atoms with Crippen LogP contribution in [0.3, 0.4) is 0 Å². The Hall–Kier alpha value is -1.10. The quantitative estimate of drug-likeness (QED) is 0.712. The zero-order valence-corrected chi connectivity index (χ0v) is 13.8. The van der Waals surface area contributed by atoms with E-state index < -0.39 is 6.10 Å². The molecule has 1 saturated heterocycles. The van der Waals surface area contributed by atoms with Crippen LogP contribution in [0.4, 0.5) is 0 Å². The zero-order valence-electron chi connectivity index (χ0n) is 13.8. The van der Waals surface area contributed by atoms with E-state index in [0.717, 1.165) is 25.4 Å². The van der Waals surface area contributed by atoms with Gasteiger partial charge in [-0.1, -0.05) is 26.0 Å². The second kappa shape index (κ2) is 9.13. The summed E-state index contributed by atoms with van der Waals surface area (Å²) < 4.78 is 11.1. The van der Waals surface area contributed by atoms with Crippen LogP contribution in [0.5, 0.6) is 5.75 Å². The molecular formula is C18H29NO3. The van der Waals surface area contributed by atoms with Gasteiger partial charge in [-0.25, -0.2) is 0 Å². The summed E-state index contributed by atoms with van der Waals surface area (Å²) >= 11 is 0. The molecule has 1 fully saturated rings. The van der Waals surface area contributed by atoms with E-state index in [4.69, 9.17) is 9.47 Å². The van der Waals surface area contributed by atoms with Gasteiger partial charge in [-0.15, -0.1) is 0 Å². The number of aliphatic hydroxyl groups is 1. The van der Waals surface area contributed by atoms with Gasteiger partial charge in [0.2, 0.25) is 0 Å². The third-order valence-corrected chi connectivity index (χ3v) is 4.02. The van der Waals surface area contributed by atoms with Crippen LogP contribution in [0.1, 0.15) is 38.2 Å². The van der Waals surface area contributed by atoms with Crippen LogP contribution in [-0.2, 0) is 4.74 Å². The van der Waals surface area contributed by atoms with E-state index in [1.807, 2.05) is 12.1 Å². The molecule has 0 saturated carbocycles. The Bertz CT molecular complexity index is 413. The van der Waals surface area contributed by atoms with E-state index in [2.05, 4.69) is 30.9 Å². The highest BCUT2D eigenvalue weighted by Gasteiger charge is 2.15. The van der Waals surface area contributed by atoms with Gasteiger partial charge in [-0.2, -0.15) is 0 Å². The summed E-state index contributed by atoms with van der Waals surface area (Å²) in [5.74, 6) is 1.40. The van der Waals surface area contributed by atoms with E-state index in [0.29, 0.717) is 25.7 Å². The lowest BCUT2D eigenvalue weighted by molar-refractivity contribution is 0.0111. The topological polar surface area (TPSA) is 41.9 Å². The number of β-amino-alcohol motifs (C(OH)–C–C–N with tert-alkyl or cyclic N) is 1. The summed E-state index contributed by atoms with van der Waals surface area (Å²) in [6.45, 7) is 8.68. The number of nitrogens with zero attached hydrogens (tertiary/aromatic N) is 1. The molecule has 124 valence electrons. The first-order valence-corrected chi connectivity index (χ1v) is 8.36. The van der Waals surface area contributed by atoms with Crippen molar-refractivity contribution in [1.29, 1.82) is 0 Å². The van der Waals surface area contributed by atoms with Crippen molar-refractivity contribution in [3.8, 4) is 5.75 Å². The van der Waals surface area contributed by atoms with Crippen molar-refractivity contribution in [2.24, 2.45) is 0 Å². The smallest absolute Gasteiger partial charge is 0.119 e. The molecule has 4 heteroatoms. The van der Waals surface area contributed by atoms with Crippen molar-refractivity contribution in [2.75, 3.05) is 39.5 Å². The van der Waals surface area contributed by atoms with Crippen LogP contribution in [0.15, 0.2) is 24.3 Å². The number of hydrogen-bond donors (Lipinski definition) is 1. The Balaban J connectivity index is 1.54. The molecule has 1 N–H and O–H groups in total. The van der Waals surface area contributed by atoms with Crippen molar-refractivity contribution in [1.82, 2.24) is 4.90 Å². The first kappa shape index (κ1) is 17.3. The van der Waals surface area contributed by atoms with Gasteiger partial charge >= 0.3 is 0 Å². The summed E-state index contributed by atoms with van der Waals surface area (Å²) in [7, 11) is 0. The largest absolute Gasteiger partial charge is 0.491 e. The van der Waals surface area contributed by atoms with Crippen molar-refractivity contribution in [3.05, 3.63) is 29.8 Å². The second-order valence-electron chi connectivity index (χ2n) is 6.31. The van der Waals surface area contributed by atoms with E-state index in [1.165, 1.54) is 18.4 Å². The minimum Gasteiger partial charge on any atom is -0.491 e. The molecular weight excluding hydrogens is 278 g/mol. The molecule has 1 aliphatic rings. The number of likely N-dealkylation sites (tertiary alicyclic amines) is 1. The Kier molecular flexibility index (Phi) is 7.16. The van der Waals surface area contributed by atoms with Gasteiger partial charge in [0.05, 0.1) is 19.3 Å². The summed E-state index contributed by atoms with van der Waals surface area (Å²) in [6, 6.07) is 8.19. The highest BCUT2D eigenvalue weighted by Crippen LogP contribution is 2.18. The Labute approximate surface area is 134 Å². The molecule has 0 amide bonds. The number of benzene rings is 1. The summed E-state index contributed by atoms with van der Waals surface area (Å²) in [5.41, 5.74) is 1.31. The average Bonchev–Trinajstić information content (AvgIpc) is 3.00. The van der Waals surface area contributed by atoms with Gasteiger partial charge in [0.1, 0.15) is 12.4 Å². The fourth-order valence-electron chi connectivity index (χ4n) is 2.70. The molecule has 0 radical (unpaired) electrons. The average molecular weight is 307 g/mol. The maximum atomic E-state index is 9.90. The Morgan fingerprint density at radius 3 is 2.41 bits per heavy atom. The van der Waals surface area contributed by atoms with Crippen LogP contribution in [0.2, 0.25) is 0 Å². The van der Waals surface area contributed by atoms with Crippen molar-refractivity contribution in [3.63, 3.8) is 0 Å². The molecule has 0 spiro atoms. The lowest BCUT2D eigenvalue weighted by Crippen LogP contribution is -2.33. The maximum Gasteiger partial charge on any atom is 0.119 e. The minimum atomic E-state index is -0.400. The molecule has 1 heterocycles. The first-order chi connectivity index (χ1) is 10.6. The van der Waals surface area contributed by atoms with Gasteiger partial charge in [0, 0.05) is 6.54 Å². The summed E-state index contributed by atoms with van der Waals surface area (Å²) in [4.78, 5) is 2.29. The number of hydrogen-bond acceptors (Lipinski definition) is 4. The van der Waals surface area contributed by atoms with Gasteiger partial charge in [-0.3, -0.25) is 0 Å². The van der Waals surface area contributed by atoms with Gasteiger partial charge < -0.3 is 19.5 Å². The number of aliphatic hydroxyl groups excluding tert-OH is 1. The molecule has 0 aliphatic carbocycles. The van der Waals surface area contributed by atoms with Gasteiger partial charge in [0.25, 0.3) is 0 Å². The molecule has 0 bridgehead atoms. The highest BCUT2D eigenvalue weighted by atomic mass is 16.5. The lowest BCUT2D eigenvalue weighted by atomic mass is 10.0. The molecule has 1 aromatic rings.